The Morgan fingerprint density at radius 2 is 2.00 bits per heavy atom. The van der Waals surface area contributed by atoms with Gasteiger partial charge in [0.2, 0.25) is 5.91 Å². The highest BCUT2D eigenvalue weighted by Gasteiger charge is 2.38. The van der Waals surface area contributed by atoms with Gasteiger partial charge in [0.1, 0.15) is 0 Å². The predicted molar refractivity (Wildman–Crippen MR) is 105 cm³/mol. The highest BCUT2D eigenvalue weighted by atomic mass is 32.2. The summed E-state index contributed by atoms with van der Waals surface area (Å²) in [5.74, 6) is -1.02. The van der Waals surface area contributed by atoms with Crippen molar-refractivity contribution in [2.45, 2.75) is 49.1 Å². The molecular weight excluding hydrogens is 425 g/mol. The average Bonchev–Trinajstić information content (AvgIpc) is 3.31. The molecule has 3 rings (SSSR count). The number of amides is 1. The first kappa shape index (κ1) is 21.8. The number of carbonyl (C=O) groups excluding carboxylic acids is 1. The van der Waals surface area contributed by atoms with E-state index in [4.69, 9.17) is 0 Å². The number of sulfone groups is 1. The minimum absolute atomic E-state index is 0.158. The lowest BCUT2D eigenvalue weighted by molar-refractivity contribution is -0.140. The van der Waals surface area contributed by atoms with E-state index >= 15 is 0 Å². The lowest BCUT2D eigenvalue weighted by Crippen LogP contribution is -2.24. The van der Waals surface area contributed by atoms with Crippen LogP contribution in [0.4, 0.5) is 18.3 Å². The van der Waals surface area contributed by atoms with Crippen molar-refractivity contribution < 1.29 is 26.4 Å². The van der Waals surface area contributed by atoms with E-state index in [9.17, 15) is 26.4 Å². The van der Waals surface area contributed by atoms with Crippen LogP contribution in [0.1, 0.15) is 49.1 Å². The molecule has 1 aromatic carbocycles. The fraction of sp³-hybridized carbons (Fsp3) is 0.474. The minimum Gasteiger partial charge on any atom is -0.301 e. The molecule has 0 aliphatic heterocycles. The summed E-state index contributed by atoms with van der Waals surface area (Å²) < 4.78 is 64.3. The number of halogens is 3. The van der Waals surface area contributed by atoms with Crippen LogP contribution in [0.3, 0.4) is 0 Å². The fourth-order valence-electron chi connectivity index (χ4n) is 3.76. The lowest BCUT2D eigenvalue weighted by Gasteiger charge is -2.22. The maximum atomic E-state index is 13.6. The number of rotatable bonds is 6. The third-order valence-electron chi connectivity index (χ3n) is 5.13. The molecule has 1 atom stereocenters. The number of nitrogens with zero attached hydrogens (tertiary/aromatic N) is 1. The number of nitrogens with one attached hydrogen (secondary N) is 1. The first-order valence-electron chi connectivity index (χ1n) is 9.17. The van der Waals surface area contributed by atoms with E-state index in [-0.39, 0.29) is 11.5 Å². The summed E-state index contributed by atoms with van der Waals surface area (Å²) in [6.45, 7) is 0. The van der Waals surface area contributed by atoms with Gasteiger partial charge in [-0.1, -0.05) is 31.7 Å². The molecule has 158 valence electrons. The number of anilines is 1. The number of benzene rings is 1. The molecule has 0 bridgehead atoms. The van der Waals surface area contributed by atoms with E-state index < -0.39 is 38.3 Å². The lowest BCUT2D eigenvalue weighted by atomic mass is 9.86. The number of hydrogen-bond acceptors (Lipinski definition) is 5. The summed E-state index contributed by atoms with van der Waals surface area (Å²) in [7, 11) is -4.07. The second-order valence-corrected chi connectivity index (χ2v) is 10.2. The van der Waals surface area contributed by atoms with Crippen molar-refractivity contribution in [3.63, 3.8) is 0 Å². The van der Waals surface area contributed by atoms with Crippen LogP contribution in [-0.4, -0.2) is 25.6 Å². The normalized spacial score (nSPS) is 16.7. The van der Waals surface area contributed by atoms with Crippen molar-refractivity contribution in [1.29, 1.82) is 0 Å². The number of carbonyl (C=O) groups is 1. The molecule has 1 aliphatic rings. The second kappa shape index (κ2) is 8.43. The van der Waals surface area contributed by atoms with Crippen molar-refractivity contribution in [2.75, 3.05) is 11.6 Å². The molecule has 1 heterocycles. The summed E-state index contributed by atoms with van der Waals surface area (Å²) in [5.41, 5.74) is -1.08. The van der Waals surface area contributed by atoms with Gasteiger partial charge in [0.05, 0.1) is 16.4 Å². The largest absolute Gasteiger partial charge is 0.417 e. The van der Waals surface area contributed by atoms with Crippen LogP contribution >= 0.6 is 11.3 Å². The molecule has 1 saturated carbocycles. The zero-order valence-corrected chi connectivity index (χ0v) is 17.3. The Kier molecular flexibility index (Phi) is 6.33. The van der Waals surface area contributed by atoms with E-state index in [0.717, 1.165) is 44.1 Å². The fourth-order valence-corrected chi connectivity index (χ4v) is 5.18. The highest BCUT2D eigenvalue weighted by Crippen LogP contribution is 2.39. The van der Waals surface area contributed by atoms with Crippen molar-refractivity contribution >= 4 is 32.2 Å². The van der Waals surface area contributed by atoms with E-state index in [1.165, 1.54) is 23.6 Å². The molecule has 0 spiro atoms. The molecule has 1 fully saturated rings. The monoisotopic (exact) mass is 446 g/mol. The predicted octanol–water partition coefficient (Wildman–Crippen LogP) is 4.87. The summed E-state index contributed by atoms with van der Waals surface area (Å²) >= 11 is 1.22. The van der Waals surface area contributed by atoms with Crippen molar-refractivity contribution in [1.82, 2.24) is 4.98 Å². The van der Waals surface area contributed by atoms with E-state index in [1.54, 1.807) is 5.38 Å². The molecule has 1 aliphatic carbocycles. The van der Waals surface area contributed by atoms with Crippen molar-refractivity contribution in [3.05, 3.63) is 40.9 Å². The van der Waals surface area contributed by atoms with Crippen LogP contribution in [-0.2, 0) is 20.8 Å². The van der Waals surface area contributed by atoms with Gasteiger partial charge in [-0.05, 0) is 30.0 Å². The molecule has 0 saturated heterocycles. The van der Waals surface area contributed by atoms with E-state index in [1.807, 2.05) is 0 Å². The maximum absolute atomic E-state index is 13.6. The van der Waals surface area contributed by atoms with Crippen LogP contribution < -0.4 is 5.32 Å². The highest BCUT2D eigenvalue weighted by molar-refractivity contribution is 7.90. The topological polar surface area (TPSA) is 76.1 Å². The molecular formula is C19H21F3N2O3S2. The number of hydrogen-bond donors (Lipinski definition) is 1. The van der Waals surface area contributed by atoms with Gasteiger partial charge in [-0.15, -0.1) is 11.3 Å². The summed E-state index contributed by atoms with van der Waals surface area (Å²) in [5, 5.41) is 4.72. The van der Waals surface area contributed by atoms with Gasteiger partial charge in [0, 0.05) is 17.8 Å². The van der Waals surface area contributed by atoms with Crippen LogP contribution in [0.5, 0.6) is 0 Å². The maximum Gasteiger partial charge on any atom is 0.417 e. The van der Waals surface area contributed by atoms with Crippen LogP contribution in [0.2, 0.25) is 0 Å². The van der Waals surface area contributed by atoms with Gasteiger partial charge in [0.15, 0.2) is 15.0 Å². The third-order valence-corrected chi connectivity index (χ3v) is 6.98. The Bertz CT molecular complexity index is 967. The van der Waals surface area contributed by atoms with Crippen molar-refractivity contribution in [3.8, 4) is 0 Å². The van der Waals surface area contributed by atoms with Gasteiger partial charge in [0.25, 0.3) is 0 Å². The first-order chi connectivity index (χ1) is 13.6. The molecule has 1 N–H and O–H groups in total. The van der Waals surface area contributed by atoms with Crippen LogP contribution in [0, 0.1) is 5.92 Å². The number of aromatic nitrogens is 1. The molecule has 0 unspecified atom stereocenters. The molecule has 29 heavy (non-hydrogen) atoms. The summed E-state index contributed by atoms with van der Waals surface area (Å²) in [4.78, 5) is 16.1. The smallest absolute Gasteiger partial charge is 0.301 e. The second-order valence-electron chi connectivity index (χ2n) is 7.29. The average molecular weight is 447 g/mol. The van der Waals surface area contributed by atoms with Gasteiger partial charge < -0.3 is 5.32 Å². The number of alkyl halides is 3. The Morgan fingerprint density at radius 1 is 1.31 bits per heavy atom. The Balaban J connectivity index is 2.00. The van der Waals surface area contributed by atoms with Crippen LogP contribution in [0.25, 0.3) is 0 Å². The van der Waals surface area contributed by atoms with Gasteiger partial charge in [-0.25, -0.2) is 13.4 Å². The van der Waals surface area contributed by atoms with Gasteiger partial charge in [-0.3, -0.25) is 4.79 Å². The number of thiazole rings is 1. The summed E-state index contributed by atoms with van der Waals surface area (Å²) in [6, 6.07) is 3.07. The molecule has 5 nitrogen and oxygen atoms in total. The Morgan fingerprint density at radius 3 is 2.55 bits per heavy atom. The molecule has 2 aromatic rings. The standard InChI is InChI=1S/C19H21F3N2O3S2/c1-29(26,27)16-7-6-13(11-15(16)19(20,21)22)14(10-12-4-2-3-5-12)17(25)24-18-23-8-9-28-18/h6-9,11-12,14H,2-5,10H2,1H3,(H,23,24,25)/t14-/m1/s1. The molecule has 1 aromatic heterocycles. The molecule has 10 heteroatoms. The van der Waals surface area contributed by atoms with E-state index in [2.05, 4.69) is 10.3 Å². The molecule has 1 amide bonds. The SMILES string of the molecule is CS(=O)(=O)c1ccc([C@@H](CC2CCCC2)C(=O)Nc2nccs2)cc1C(F)(F)F. The van der Waals surface area contributed by atoms with E-state index in [0.29, 0.717) is 11.6 Å². The molecule has 0 radical (unpaired) electrons. The van der Waals surface area contributed by atoms with Crippen molar-refractivity contribution in [2.24, 2.45) is 5.92 Å². The zero-order chi connectivity index (χ0) is 21.2. The van der Waals surface area contributed by atoms with Gasteiger partial charge >= 0.3 is 6.18 Å². The quantitative estimate of drug-likeness (QED) is 0.687. The van der Waals surface area contributed by atoms with Crippen LogP contribution in [0.15, 0.2) is 34.7 Å². The Labute approximate surface area is 171 Å². The Hall–Kier alpha value is -1.94. The first-order valence-corrected chi connectivity index (χ1v) is 11.9. The third kappa shape index (κ3) is 5.36. The van der Waals surface area contributed by atoms with Gasteiger partial charge in [-0.2, -0.15) is 13.2 Å². The summed E-state index contributed by atoms with van der Waals surface area (Å²) in [6.07, 6.45) is 1.74. The zero-order valence-electron chi connectivity index (χ0n) is 15.7. The minimum atomic E-state index is -4.85.